The summed E-state index contributed by atoms with van der Waals surface area (Å²) in [5.41, 5.74) is 1.22. The molecule has 0 saturated heterocycles. The number of benzene rings is 1. The van der Waals surface area contributed by atoms with Crippen LogP contribution in [0.15, 0.2) is 30.4 Å². The highest BCUT2D eigenvalue weighted by Crippen LogP contribution is 2.20. The first-order valence-corrected chi connectivity index (χ1v) is 4.80. The monoisotopic (exact) mass is 223 g/mol. The molecule has 0 fully saturated rings. The van der Waals surface area contributed by atoms with Crippen molar-refractivity contribution >= 4 is 11.7 Å². The van der Waals surface area contributed by atoms with Gasteiger partial charge in [-0.25, -0.2) is 9.18 Å². The van der Waals surface area contributed by atoms with Crippen molar-refractivity contribution in [2.75, 3.05) is 18.5 Å². The van der Waals surface area contributed by atoms with E-state index >= 15 is 0 Å². The maximum atomic E-state index is 13.6. The third kappa shape index (κ3) is 2.82. The summed E-state index contributed by atoms with van der Waals surface area (Å²) in [5.74, 6) is -1.67. The van der Waals surface area contributed by atoms with Crippen LogP contribution in [0.5, 0.6) is 0 Å². The van der Waals surface area contributed by atoms with Gasteiger partial charge in [0, 0.05) is 13.6 Å². The molecule has 0 aliphatic carbocycles. The smallest absolute Gasteiger partial charge is 0.335 e. The summed E-state index contributed by atoms with van der Waals surface area (Å²) >= 11 is 0. The first kappa shape index (κ1) is 12.2. The van der Waals surface area contributed by atoms with Gasteiger partial charge in [-0.1, -0.05) is 12.2 Å². The Bertz CT molecular complexity index is 429. The molecule has 0 atom stereocenters. The van der Waals surface area contributed by atoms with E-state index in [0.717, 1.165) is 11.6 Å². The topological polar surface area (TPSA) is 40.5 Å². The zero-order valence-electron chi connectivity index (χ0n) is 9.33. The second-order valence-electron chi connectivity index (χ2n) is 3.78. The zero-order chi connectivity index (χ0) is 12.3. The molecule has 0 saturated carbocycles. The summed E-state index contributed by atoms with van der Waals surface area (Å²) in [6.45, 7) is 6.12. The van der Waals surface area contributed by atoms with E-state index in [1.54, 1.807) is 11.9 Å². The van der Waals surface area contributed by atoms with Crippen LogP contribution in [-0.4, -0.2) is 24.7 Å². The first-order valence-electron chi connectivity index (χ1n) is 4.80. The van der Waals surface area contributed by atoms with Crippen molar-refractivity contribution in [2.24, 2.45) is 0 Å². The van der Waals surface area contributed by atoms with Gasteiger partial charge in [-0.2, -0.15) is 0 Å². The van der Waals surface area contributed by atoms with Crippen LogP contribution in [-0.2, 0) is 0 Å². The second-order valence-corrected chi connectivity index (χ2v) is 3.78. The van der Waals surface area contributed by atoms with E-state index in [-0.39, 0.29) is 5.56 Å². The molecule has 86 valence electrons. The predicted molar refractivity (Wildman–Crippen MR) is 61.4 cm³/mol. The van der Waals surface area contributed by atoms with Crippen molar-refractivity contribution in [1.82, 2.24) is 0 Å². The van der Waals surface area contributed by atoms with Crippen molar-refractivity contribution in [3.05, 3.63) is 41.7 Å². The maximum absolute atomic E-state index is 13.6. The molecule has 0 heterocycles. The summed E-state index contributed by atoms with van der Waals surface area (Å²) in [6.07, 6.45) is 0. The highest BCUT2D eigenvalue weighted by Gasteiger charge is 2.11. The largest absolute Gasteiger partial charge is 0.478 e. The van der Waals surface area contributed by atoms with Crippen LogP contribution in [0.1, 0.15) is 17.3 Å². The van der Waals surface area contributed by atoms with Gasteiger partial charge in [0.15, 0.2) is 0 Å². The zero-order valence-corrected chi connectivity index (χ0v) is 9.33. The quantitative estimate of drug-likeness (QED) is 0.797. The lowest BCUT2D eigenvalue weighted by Gasteiger charge is -2.20. The lowest BCUT2D eigenvalue weighted by Crippen LogP contribution is -2.20. The van der Waals surface area contributed by atoms with Crippen molar-refractivity contribution < 1.29 is 14.3 Å². The van der Waals surface area contributed by atoms with Gasteiger partial charge in [0.1, 0.15) is 5.82 Å². The number of halogens is 1. The molecule has 0 aromatic heterocycles. The normalized spacial score (nSPS) is 9.94. The average molecular weight is 223 g/mol. The molecule has 0 amide bonds. The molecule has 0 aliphatic heterocycles. The lowest BCUT2D eigenvalue weighted by molar-refractivity contribution is 0.0696. The summed E-state index contributed by atoms with van der Waals surface area (Å²) in [7, 11) is 1.73. The van der Waals surface area contributed by atoms with Gasteiger partial charge in [0.05, 0.1) is 11.3 Å². The third-order valence-corrected chi connectivity index (χ3v) is 2.11. The molecule has 1 rings (SSSR count). The van der Waals surface area contributed by atoms with Crippen LogP contribution < -0.4 is 4.90 Å². The number of anilines is 1. The molecule has 4 heteroatoms. The Balaban J connectivity index is 2.98. The van der Waals surface area contributed by atoms with Gasteiger partial charge < -0.3 is 10.0 Å². The molecular formula is C12H14FNO2. The van der Waals surface area contributed by atoms with Gasteiger partial charge in [-0.15, -0.1) is 0 Å². The number of likely N-dealkylation sites (N-methyl/N-ethyl adjacent to an activating group) is 1. The average Bonchev–Trinajstić information content (AvgIpc) is 2.15. The van der Waals surface area contributed by atoms with Gasteiger partial charge >= 0.3 is 5.97 Å². The molecule has 0 spiro atoms. The van der Waals surface area contributed by atoms with Crippen LogP contribution in [0.4, 0.5) is 10.1 Å². The van der Waals surface area contributed by atoms with Crippen molar-refractivity contribution in [1.29, 1.82) is 0 Å². The molecule has 16 heavy (non-hydrogen) atoms. The predicted octanol–water partition coefficient (Wildman–Crippen LogP) is 2.54. The number of aromatic carboxylic acids is 1. The number of hydrogen-bond acceptors (Lipinski definition) is 2. The minimum atomic E-state index is -1.13. The SMILES string of the molecule is C=C(C)CN(C)c1ccc(C(=O)O)cc1F. The Morgan fingerprint density at radius 3 is 2.62 bits per heavy atom. The number of carbonyl (C=O) groups is 1. The molecule has 3 nitrogen and oxygen atoms in total. The summed E-state index contributed by atoms with van der Waals surface area (Å²) in [5, 5.41) is 8.69. The Morgan fingerprint density at radius 2 is 2.19 bits per heavy atom. The molecule has 0 radical (unpaired) electrons. The summed E-state index contributed by atoms with van der Waals surface area (Å²) in [4.78, 5) is 12.3. The van der Waals surface area contributed by atoms with Gasteiger partial charge in [0.25, 0.3) is 0 Å². The fraction of sp³-hybridized carbons (Fsp3) is 0.250. The first-order chi connectivity index (χ1) is 7.41. The van der Waals surface area contributed by atoms with Crippen LogP contribution in [0, 0.1) is 5.82 Å². The van der Waals surface area contributed by atoms with Crippen molar-refractivity contribution in [3.8, 4) is 0 Å². The number of nitrogens with zero attached hydrogens (tertiary/aromatic N) is 1. The lowest BCUT2D eigenvalue weighted by atomic mass is 10.2. The fourth-order valence-corrected chi connectivity index (χ4v) is 1.44. The van der Waals surface area contributed by atoms with Crippen LogP contribution in [0.3, 0.4) is 0 Å². The van der Waals surface area contributed by atoms with Crippen LogP contribution in [0.2, 0.25) is 0 Å². The minimum Gasteiger partial charge on any atom is -0.478 e. The van der Waals surface area contributed by atoms with E-state index in [9.17, 15) is 9.18 Å². The van der Waals surface area contributed by atoms with E-state index in [4.69, 9.17) is 5.11 Å². The van der Waals surface area contributed by atoms with E-state index < -0.39 is 11.8 Å². The minimum absolute atomic E-state index is 0.0509. The van der Waals surface area contributed by atoms with E-state index in [1.165, 1.54) is 12.1 Å². The molecule has 1 aromatic carbocycles. The highest BCUT2D eigenvalue weighted by molar-refractivity contribution is 5.88. The van der Waals surface area contributed by atoms with E-state index in [2.05, 4.69) is 6.58 Å². The Labute approximate surface area is 93.8 Å². The third-order valence-electron chi connectivity index (χ3n) is 2.11. The fourth-order valence-electron chi connectivity index (χ4n) is 1.44. The van der Waals surface area contributed by atoms with E-state index in [0.29, 0.717) is 12.2 Å². The molecule has 1 N–H and O–H groups in total. The standard InChI is InChI=1S/C12H14FNO2/c1-8(2)7-14(3)11-5-4-9(12(15)16)6-10(11)13/h4-6H,1,7H2,2-3H3,(H,15,16). The number of rotatable bonds is 4. The molecule has 0 aliphatic rings. The number of carboxylic acids is 1. The maximum Gasteiger partial charge on any atom is 0.335 e. The molecule has 0 bridgehead atoms. The van der Waals surface area contributed by atoms with Crippen molar-refractivity contribution in [2.45, 2.75) is 6.92 Å². The van der Waals surface area contributed by atoms with Crippen molar-refractivity contribution in [3.63, 3.8) is 0 Å². The van der Waals surface area contributed by atoms with E-state index in [1.807, 2.05) is 6.92 Å². The molecule has 1 aromatic rings. The number of hydrogen-bond donors (Lipinski definition) is 1. The Hall–Kier alpha value is -1.84. The Kier molecular flexibility index (Phi) is 3.66. The van der Waals surface area contributed by atoms with Gasteiger partial charge in [-0.05, 0) is 25.1 Å². The number of carboxylic acid groups (broad SMARTS) is 1. The summed E-state index contributed by atoms with van der Waals surface area (Å²) in [6, 6.07) is 3.87. The summed E-state index contributed by atoms with van der Waals surface area (Å²) < 4.78 is 13.6. The van der Waals surface area contributed by atoms with Crippen LogP contribution in [0.25, 0.3) is 0 Å². The second kappa shape index (κ2) is 4.79. The Morgan fingerprint density at radius 1 is 1.56 bits per heavy atom. The van der Waals surface area contributed by atoms with Crippen LogP contribution >= 0.6 is 0 Å². The molecular weight excluding hydrogens is 209 g/mol. The highest BCUT2D eigenvalue weighted by atomic mass is 19.1. The van der Waals surface area contributed by atoms with Gasteiger partial charge in [0.2, 0.25) is 0 Å². The van der Waals surface area contributed by atoms with Gasteiger partial charge in [-0.3, -0.25) is 0 Å². The molecule has 0 unspecified atom stereocenters.